The minimum atomic E-state index is -0.596. The van der Waals surface area contributed by atoms with Gasteiger partial charge in [-0.1, -0.05) is 12.1 Å². The summed E-state index contributed by atoms with van der Waals surface area (Å²) in [6, 6.07) is 9.95. The van der Waals surface area contributed by atoms with Crippen molar-refractivity contribution in [2.75, 3.05) is 0 Å². The van der Waals surface area contributed by atoms with Gasteiger partial charge in [-0.25, -0.2) is 9.97 Å². The number of aromatic nitrogens is 2. The number of nitrogens with two attached hydrogens (primary N) is 2. The van der Waals surface area contributed by atoms with E-state index in [1.807, 2.05) is 0 Å². The predicted octanol–water partition coefficient (Wildman–Crippen LogP) is 0.981. The molecule has 3 rings (SSSR count). The summed E-state index contributed by atoms with van der Waals surface area (Å²) in [5, 5.41) is 0. The molecule has 4 N–H and O–H groups in total. The Morgan fingerprint density at radius 1 is 0.750 bits per heavy atom. The van der Waals surface area contributed by atoms with Gasteiger partial charge in [-0.3, -0.25) is 9.59 Å². The van der Waals surface area contributed by atoms with Gasteiger partial charge in [0.25, 0.3) is 11.8 Å². The van der Waals surface area contributed by atoms with Crippen LogP contribution in [0.5, 0.6) is 0 Å². The predicted molar refractivity (Wildman–Crippen MR) is 74.1 cm³/mol. The zero-order chi connectivity index (χ0) is 14.3. The maximum absolute atomic E-state index is 11.4. The van der Waals surface area contributed by atoms with Gasteiger partial charge in [0, 0.05) is 0 Å². The quantitative estimate of drug-likeness (QED) is 0.673. The Balaban J connectivity index is 2.48. The molecule has 0 fully saturated rings. The van der Waals surface area contributed by atoms with Gasteiger partial charge in [-0.15, -0.1) is 0 Å². The summed E-state index contributed by atoms with van der Waals surface area (Å²) in [5.41, 5.74) is 13.0. The third kappa shape index (κ3) is 1.74. The van der Waals surface area contributed by atoms with Crippen LogP contribution in [0.25, 0.3) is 22.1 Å². The Labute approximate surface area is 113 Å². The molecule has 1 aromatic heterocycles. The number of amides is 2. The van der Waals surface area contributed by atoms with Gasteiger partial charge >= 0.3 is 0 Å². The van der Waals surface area contributed by atoms with E-state index in [4.69, 9.17) is 11.5 Å². The van der Waals surface area contributed by atoms with E-state index in [-0.39, 0.29) is 11.1 Å². The summed E-state index contributed by atoms with van der Waals surface area (Å²) in [7, 11) is 0. The summed E-state index contributed by atoms with van der Waals surface area (Å²) in [6.45, 7) is 0. The van der Waals surface area contributed by atoms with Crippen molar-refractivity contribution in [3.8, 4) is 0 Å². The molecular weight excluding hydrogens is 256 g/mol. The summed E-state index contributed by atoms with van der Waals surface area (Å²) in [4.78, 5) is 31.6. The summed E-state index contributed by atoms with van der Waals surface area (Å²) in [5.74, 6) is -1.19. The number of benzene rings is 2. The molecule has 0 aliphatic rings. The largest absolute Gasteiger partial charge is 0.366 e. The van der Waals surface area contributed by atoms with E-state index in [0.29, 0.717) is 22.1 Å². The van der Waals surface area contributed by atoms with Crippen LogP contribution >= 0.6 is 0 Å². The van der Waals surface area contributed by atoms with Crippen LogP contribution in [0.15, 0.2) is 36.4 Å². The van der Waals surface area contributed by atoms with Gasteiger partial charge in [0.05, 0.1) is 22.2 Å². The highest BCUT2D eigenvalue weighted by molar-refractivity contribution is 6.08. The Kier molecular flexibility index (Phi) is 2.57. The summed E-state index contributed by atoms with van der Waals surface area (Å²) >= 11 is 0. The van der Waals surface area contributed by atoms with Crippen molar-refractivity contribution >= 4 is 33.9 Å². The van der Waals surface area contributed by atoms with Crippen LogP contribution in [0.4, 0.5) is 0 Å². The van der Waals surface area contributed by atoms with Crippen LogP contribution in [0.2, 0.25) is 0 Å². The first-order valence-electron chi connectivity index (χ1n) is 5.87. The Hall–Kier alpha value is -3.02. The first-order chi connectivity index (χ1) is 9.58. The molecule has 0 unspecified atom stereocenters. The molecule has 0 radical (unpaired) electrons. The number of nitrogens with zero attached hydrogens (tertiary/aromatic N) is 2. The highest BCUT2D eigenvalue weighted by Gasteiger charge is 2.13. The van der Waals surface area contributed by atoms with E-state index >= 15 is 0 Å². The zero-order valence-corrected chi connectivity index (χ0v) is 10.3. The first-order valence-corrected chi connectivity index (χ1v) is 5.87. The number of primary amides is 2. The molecule has 6 heteroatoms. The number of hydrogen-bond donors (Lipinski definition) is 2. The van der Waals surface area contributed by atoms with Crippen molar-refractivity contribution in [1.29, 1.82) is 0 Å². The molecule has 20 heavy (non-hydrogen) atoms. The molecule has 6 nitrogen and oxygen atoms in total. The molecule has 0 aliphatic carbocycles. The van der Waals surface area contributed by atoms with Gasteiger partial charge in [0.1, 0.15) is 11.0 Å². The van der Waals surface area contributed by atoms with Gasteiger partial charge < -0.3 is 11.5 Å². The number of rotatable bonds is 2. The van der Waals surface area contributed by atoms with Gasteiger partial charge in [0.2, 0.25) is 0 Å². The number of carbonyl (C=O) groups is 2. The molecule has 1 heterocycles. The maximum atomic E-state index is 11.4. The second-order valence-corrected chi connectivity index (χ2v) is 4.30. The van der Waals surface area contributed by atoms with Gasteiger partial charge in [-0.05, 0) is 24.3 Å². The fourth-order valence-electron chi connectivity index (χ4n) is 2.12. The van der Waals surface area contributed by atoms with E-state index in [1.165, 1.54) is 0 Å². The molecule has 0 saturated heterocycles. The van der Waals surface area contributed by atoms with E-state index in [9.17, 15) is 9.59 Å². The van der Waals surface area contributed by atoms with Gasteiger partial charge in [-0.2, -0.15) is 0 Å². The summed E-state index contributed by atoms with van der Waals surface area (Å²) < 4.78 is 0. The van der Waals surface area contributed by atoms with Crippen LogP contribution in [0, 0.1) is 0 Å². The zero-order valence-electron chi connectivity index (χ0n) is 10.3. The Morgan fingerprint density at radius 3 is 1.60 bits per heavy atom. The van der Waals surface area contributed by atoms with E-state index in [1.54, 1.807) is 36.4 Å². The Bertz CT molecular complexity index is 805. The topological polar surface area (TPSA) is 112 Å². The van der Waals surface area contributed by atoms with Crippen LogP contribution in [-0.4, -0.2) is 21.8 Å². The number of para-hydroxylation sites is 2. The lowest BCUT2D eigenvalue weighted by Gasteiger charge is -2.06. The Morgan fingerprint density at radius 2 is 1.20 bits per heavy atom. The molecule has 0 bridgehead atoms. The highest BCUT2D eigenvalue weighted by Crippen LogP contribution is 2.21. The number of carbonyl (C=O) groups excluding carboxylic acids is 2. The third-order valence-corrected chi connectivity index (χ3v) is 3.02. The second kappa shape index (κ2) is 4.27. The van der Waals surface area contributed by atoms with Crippen molar-refractivity contribution in [1.82, 2.24) is 9.97 Å². The normalized spacial score (nSPS) is 10.8. The van der Waals surface area contributed by atoms with Crippen LogP contribution < -0.4 is 11.5 Å². The van der Waals surface area contributed by atoms with E-state index in [0.717, 1.165) is 0 Å². The van der Waals surface area contributed by atoms with Crippen LogP contribution in [0.1, 0.15) is 20.7 Å². The van der Waals surface area contributed by atoms with Gasteiger partial charge in [0.15, 0.2) is 0 Å². The molecule has 0 atom stereocenters. The van der Waals surface area contributed by atoms with Crippen molar-refractivity contribution in [3.05, 3.63) is 47.5 Å². The fraction of sp³-hybridized carbons (Fsp3) is 0. The number of hydrogen-bond acceptors (Lipinski definition) is 4. The maximum Gasteiger partial charge on any atom is 0.250 e. The number of fused-ring (bicyclic) bond motifs is 2. The minimum Gasteiger partial charge on any atom is -0.366 e. The molecule has 0 spiro atoms. The van der Waals surface area contributed by atoms with E-state index < -0.39 is 11.8 Å². The lowest BCUT2D eigenvalue weighted by Crippen LogP contribution is -2.14. The molecule has 3 aromatic rings. The lowest BCUT2D eigenvalue weighted by molar-refractivity contribution is 0.0993. The average Bonchev–Trinajstić information content (AvgIpc) is 2.43. The smallest absolute Gasteiger partial charge is 0.250 e. The van der Waals surface area contributed by atoms with Crippen LogP contribution in [-0.2, 0) is 0 Å². The highest BCUT2D eigenvalue weighted by atomic mass is 16.1. The average molecular weight is 266 g/mol. The molecule has 2 amide bonds. The molecular formula is C14H10N4O2. The van der Waals surface area contributed by atoms with Crippen molar-refractivity contribution in [2.45, 2.75) is 0 Å². The van der Waals surface area contributed by atoms with Crippen LogP contribution in [0.3, 0.4) is 0 Å². The first kappa shape index (κ1) is 12.0. The molecule has 0 saturated carbocycles. The summed E-state index contributed by atoms with van der Waals surface area (Å²) in [6.07, 6.45) is 0. The SMILES string of the molecule is NC(=O)c1cccc2nc3cccc(C(N)=O)c3nc12. The lowest BCUT2D eigenvalue weighted by atomic mass is 10.1. The minimum absolute atomic E-state index is 0.260. The third-order valence-electron chi connectivity index (χ3n) is 3.02. The van der Waals surface area contributed by atoms with Crippen molar-refractivity contribution in [2.24, 2.45) is 11.5 Å². The molecule has 2 aromatic carbocycles. The monoisotopic (exact) mass is 266 g/mol. The molecule has 98 valence electrons. The molecule has 0 aliphatic heterocycles. The standard InChI is InChI=1S/C14H10N4O2/c15-13(19)7-3-1-5-9-11(7)18-12-8(14(16)20)4-2-6-10(12)17-9/h1-6H,(H2,15,19)(H2,16,20). The second-order valence-electron chi connectivity index (χ2n) is 4.30. The van der Waals surface area contributed by atoms with Crippen molar-refractivity contribution < 1.29 is 9.59 Å². The van der Waals surface area contributed by atoms with E-state index in [2.05, 4.69) is 9.97 Å². The fourth-order valence-corrected chi connectivity index (χ4v) is 2.12. The van der Waals surface area contributed by atoms with Crippen molar-refractivity contribution in [3.63, 3.8) is 0 Å².